The van der Waals surface area contributed by atoms with E-state index in [0.29, 0.717) is 18.1 Å². The summed E-state index contributed by atoms with van der Waals surface area (Å²) in [7, 11) is 0. The molecule has 0 aliphatic carbocycles. The summed E-state index contributed by atoms with van der Waals surface area (Å²) in [5, 5.41) is 20.3. The van der Waals surface area contributed by atoms with E-state index in [0.717, 1.165) is 5.56 Å². The van der Waals surface area contributed by atoms with Gasteiger partial charge in [0.25, 0.3) is 5.69 Å². The van der Waals surface area contributed by atoms with Crippen molar-refractivity contribution in [3.63, 3.8) is 0 Å². The van der Waals surface area contributed by atoms with Crippen LogP contribution in [0.5, 0.6) is 0 Å². The molecule has 4 N–H and O–H groups in total. The Bertz CT molecular complexity index is 583. The maximum absolute atomic E-state index is 10.6. The zero-order chi connectivity index (χ0) is 13.1. The van der Waals surface area contributed by atoms with Gasteiger partial charge in [-0.15, -0.1) is 0 Å². The van der Waals surface area contributed by atoms with Gasteiger partial charge in [-0.1, -0.05) is 11.6 Å². The number of benzene rings is 1. The van der Waals surface area contributed by atoms with Crippen LogP contribution in [0.1, 0.15) is 5.56 Å². The molecular weight excluding hydrogens is 258 g/mol. The molecule has 8 heteroatoms. The number of rotatable bonds is 4. The molecule has 0 radical (unpaired) electrons. The minimum absolute atomic E-state index is 0.0478. The van der Waals surface area contributed by atoms with Crippen LogP contribution in [0, 0.1) is 10.1 Å². The Balaban J connectivity index is 2.11. The number of aromatic amines is 1. The minimum atomic E-state index is -0.496. The number of hydrogen-bond acceptors (Lipinski definition) is 5. The first kappa shape index (κ1) is 12.2. The quantitative estimate of drug-likeness (QED) is 0.581. The highest BCUT2D eigenvalue weighted by atomic mass is 35.5. The second-order valence-electron chi connectivity index (χ2n) is 3.58. The minimum Gasteiger partial charge on any atom is -0.384 e. The molecule has 0 aliphatic rings. The maximum Gasteiger partial charge on any atom is 0.271 e. The Morgan fingerprint density at radius 1 is 1.56 bits per heavy atom. The van der Waals surface area contributed by atoms with Gasteiger partial charge in [0.15, 0.2) is 0 Å². The smallest absolute Gasteiger partial charge is 0.271 e. The van der Waals surface area contributed by atoms with E-state index in [2.05, 4.69) is 15.5 Å². The van der Waals surface area contributed by atoms with Crippen LogP contribution in [0.4, 0.5) is 17.2 Å². The molecule has 2 rings (SSSR count). The number of hydrogen-bond donors (Lipinski definition) is 3. The summed E-state index contributed by atoms with van der Waals surface area (Å²) in [4.78, 5) is 10.1. The third-order valence-electron chi connectivity index (χ3n) is 2.38. The van der Waals surface area contributed by atoms with Crippen molar-refractivity contribution in [3.8, 4) is 0 Å². The fourth-order valence-corrected chi connectivity index (χ4v) is 1.65. The number of anilines is 2. The molecule has 0 unspecified atom stereocenters. The predicted molar refractivity (Wildman–Crippen MR) is 68.4 cm³/mol. The fourth-order valence-electron chi connectivity index (χ4n) is 1.41. The van der Waals surface area contributed by atoms with Crippen LogP contribution in [-0.2, 0) is 6.54 Å². The Morgan fingerprint density at radius 2 is 2.33 bits per heavy atom. The molecule has 0 saturated heterocycles. The van der Waals surface area contributed by atoms with E-state index in [1.54, 1.807) is 12.3 Å². The number of nitrogen functional groups attached to an aromatic ring is 1. The van der Waals surface area contributed by atoms with E-state index in [4.69, 9.17) is 17.3 Å². The van der Waals surface area contributed by atoms with E-state index in [-0.39, 0.29) is 10.7 Å². The summed E-state index contributed by atoms with van der Waals surface area (Å²) in [5.41, 5.74) is 6.97. The number of nitrogens with two attached hydrogens (primary N) is 1. The lowest BCUT2D eigenvalue weighted by atomic mass is 10.2. The summed E-state index contributed by atoms with van der Waals surface area (Å²) in [6, 6.07) is 4.23. The van der Waals surface area contributed by atoms with Gasteiger partial charge >= 0.3 is 0 Å². The number of halogens is 1. The number of nitro benzene ring substituents is 1. The van der Waals surface area contributed by atoms with Crippen molar-refractivity contribution < 1.29 is 4.92 Å². The molecule has 94 valence electrons. The molecule has 1 aromatic heterocycles. The Hall–Kier alpha value is -2.28. The Kier molecular flexibility index (Phi) is 3.33. The lowest BCUT2D eigenvalue weighted by molar-refractivity contribution is -0.384. The van der Waals surface area contributed by atoms with E-state index >= 15 is 0 Å². The van der Waals surface area contributed by atoms with Gasteiger partial charge in [0, 0.05) is 24.2 Å². The SMILES string of the molecule is Nc1[nH]ncc1CNc1ccc([N+](=O)[O-])cc1Cl. The van der Waals surface area contributed by atoms with Crippen LogP contribution in [-0.4, -0.2) is 15.1 Å². The third-order valence-corrected chi connectivity index (χ3v) is 2.70. The molecule has 1 aromatic carbocycles. The summed E-state index contributed by atoms with van der Waals surface area (Å²) < 4.78 is 0. The van der Waals surface area contributed by atoms with Gasteiger partial charge in [0.05, 0.1) is 21.8 Å². The second kappa shape index (κ2) is 4.92. The van der Waals surface area contributed by atoms with Crippen molar-refractivity contribution in [2.75, 3.05) is 11.1 Å². The van der Waals surface area contributed by atoms with Crippen LogP contribution in [0.15, 0.2) is 24.4 Å². The topological polar surface area (TPSA) is 110 Å². The molecule has 0 fully saturated rings. The molecule has 0 atom stereocenters. The van der Waals surface area contributed by atoms with Crippen molar-refractivity contribution in [2.24, 2.45) is 0 Å². The number of nitrogens with one attached hydrogen (secondary N) is 2. The van der Waals surface area contributed by atoms with Crippen molar-refractivity contribution in [1.29, 1.82) is 0 Å². The van der Waals surface area contributed by atoms with Crippen LogP contribution >= 0.6 is 11.6 Å². The zero-order valence-electron chi connectivity index (χ0n) is 9.18. The highest BCUT2D eigenvalue weighted by Crippen LogP contribution is 2.27. The monoisotopic (exact) mass is 267 g/mol. The summed E-state index contributed by atoms with van der Waals surface area (Å²) in [6.45, 7) is 0.430. The normalized spacial score (nSPS) is 10.3. The van der Waals surface area contributed by atoms with Crippen molar-refractivity contribution in [2.45, 2.75) is 6.54 Å². The molecule has 7 nitrogen and oxygen atoms in total. The first-order valence-corrected chi connectivity index (χ1v) is 5.41. The third kappa shape index (κ3) is 2.51. The summed E-state index contributed by atoms with van der Waals surface area (Å²) >= 11 is 5.93. The van der Waals surface area contributed by atoms with Gasteiger partial charge in [-0.25, -0.2) is 0 Å². The van der Waals surface area contributed by atoms with Crippen LogP contribution in [0.2, 0.25) is 5.02 Å². The molecular formula is C10H10ClN5O2. The van der Waals surface area contributed by atoms with Gasteiger partial charge in [0.2, 0.25) is 0 Å². The van der Waals surface area contributed by atoms with Gasteiger partial charge in [-0.05, 0) is 6.07 Å². The lowest BCUT2D eigenvalue weighted by Gasteiger charge is -2.07. The first-order chi connectivity index (χ1) is 8.58. The van der Waals surface area contributed by atoms with E-state index < -0.39 is 4.92 Å². The second-order valence-corrected chi connectivity index (χ2v) is 3.99. The first-order valence-electron chi connectivity index (χ1n) is 5.03. The Labute approximate surface area is 107 Å². The van der Waals surface area contributed by atoms with Crippen LogP contribution in [0.25, 0.3) is 0 Å². The predicted octanol–water partition coefficient (Wildman–Crippen LogP) is 2.17. The van der Waals surface area contributed by atoms with Crippen molar-refractivity contribution >= 4 is 28.8 Å². The molecule has 18 heavy (non-hydrogen) atoms. The highest BCUT2D eigenvalue weighted by molar-refractivity contribution is 6.33. The molecule has 2 aromatic rings. The van der Waals surface area contributed by atoms with Gasteiger partial charge in [0.1, 0.15) is 5.82 Å². The number of nitrogens with zero attached hydrogens (tertiary/aromatic N) is 2. The zero-order valence-corrected chi connectivity index (χ0v) is 9.94. The highest BCUT2D eigenvalue weighted by Gasteiger charge is 2.09. The molecule has 1 heterocycles. The van der Waals surface area contributed by atoms with Gasteiger partial charge in [-0.2, -0.15) is 5.10 Å². The van der Waals surface area contributed by atoms with Crippen molar-refractivity contribution in [1.82, 2.24) is 10.2 Å². The standard InChI is InChI=1S/C10H10ClN5O2/c11-8-3-7(16(17)18)1-2-9(8)13-4-6-5-14-15-10(6)12/h1-3,5,13H,4H2,(H3,12,14,15). The van der Waals surface area contributed by atoms with E-state index in [9.17, 15) is 10.1 Å². The van der Waals surface area contributed by atoms with Crippen LogP contribution < -0.4 is 11.1 Å². The largest absolute Gasteiger partial charge is 0.384 e. The van der Waals surface area contributed by atoms with Gasteiger partial charge < -0.3 is 11.1 Å². The van der Waals surface area contributed by atoms with Crippen LogP contribution in [0.3, 0.4) is 0 Å². The van der Waals surface area contributed by atoms with Crippen molar-refractivity contribution in [3.05, 3.63) is 45.1 Å². The number of H-pyrrole nitrogens is 1. The summed E-state index contributed by atoms with van der Waals surface area (Å²) in [6.07, 6.45) is 1.60. The number of nitro groups is 1. The van der Waals surface area contributed by atoms with E-state index in [1.165, 1.54) is 12.1 Å². The fraction of sp³-hybridized carbons (Fsp3) is 0.100. The average molecular weight is 268 g/mol. The molecule has 0 aliphatic heterocycles. The number of non-ortho nitro benzene ring substituents is 1. The van der Waals surface area contributed by atoms with E-state index in [1.807, 2.05) is 0 Å². The lowest BCUT2D eigenvalue weighted by Crippen LogP contribution is -2.02. The van der Waals surface area contributed by atoms with Gasteiger partial charge in [-0.3, -0.25) is 15.2 Å². The maximum atomic E-state index is 10.6. The molecule has 0 saturated carbocycles. The molecule has 0 spiro atoms. The summed E-state index contributed by atoms with van der Waals surface area (Å²) in [5.74, 6) is 0.473. The number of aromatic nitrogens is 2. The molecule has 0 bridgehead atoms. The molecule has 0 amide bonds. The Morgan fingerprint density at radius 3 is 2.89 bits per heavy atom. The average Bonchev–Trinajstić information content (AvgIpc) is 2.73.